The summed E-state index contributed by atoms with van der Waals surface area (Å²) in [5.41, 5.74) is -1.22. The van der Waals surface area contributed by atoms with Crippen molar-refractivity contribution < 1.29 is 41.0 Å². The molecule has 0 aliphatic heterocycles. The maximum atomic E-state index is 12.6. The van der Waals surface area contributed by atoms with Crippen molar-refractivity contribution >= 4 is 17.6 Å². The second-order valence-corrected chi connectivity index (χ2v) is 5.11. The Labute approximate surface area is 149 Å². The van der Waals surface area contributed by atoms with Gasteiger partial charge in [-0.2, -0.15) is 22.0 Å². The Bertz CT molecular complexity index is 823. The number of alkyl halides is 5. The normalized spacial score (nSPS) is 11.2. The SMILES string of the molecule is O=C(COC(=O)c1cccc(OC(F)F)c1)Nc1cccc(C(F)(F)F)c1. The van der Waals surface area contributed by atoms with E-state index in [1.807, 2.05) is 0 Å². The first-order chi connectivity index (χ1) is 12.6. The lowest BCUT2D eigenvalue weighted by Gasteiger charge is -2.10. The molecule has 2 aromatic carbocycles. The lowest BCUT2D eigenvalue weighted by molar-refractivity contribution is -0.137. The highest BCUT2D eigenvalue weighted by atomic mass is 19.4. The number of halogens is 5. The van der Waals surface area contributed by atoms with E-state index in [4.69, 9.17) is 4.74 Å². The minimum atomic E-state index is -4.57. The van der Waals surface area contributed by atoms with Gasteiger partial charge < -0.3 is 14.8 Å². The predicted octanol–water partition coefficient (Wildman–Crippen LogP) is 4.10. The van der Waals surface area contributed by atoms with Crippen LogP contribution in [0.3, 0.4) is 0 Å². The molecule has 0 aliphatic carbocycles. The smallest absolute Gasteiger partial charge is 0.416 e. The minimum absolute atomic E-state index is 0.127. The Morgan fingerprint density at radius 1 is 1.04 bits per heavy atom. The molecular weight excluding hydrogens is 377 g/mol. The third kappa shape index (κ3) is 6.24. The summed E-state index contributed by atoms with van der Waals surface area (Å²) in [5.74, 6) is -2.13. The van der Waals surface area contributed by atoms with Gasteiger partial charge in [0.2, 0.25) is 0 Å². The molecule has 1 N–H and O–H groups in total. The van der Waals surface area contributed by atoms with Gasteiger partial charge in [-0.05, 0) is 36.4 Å². The molecule has 0 radical (unpaired) electrons. The van der Waals surface area contributed by atoms with Crippen molar-refractivity contribution in [2.75, 3.05) is 11.9 Å². The van der Waals surface area contributed by atoms with E-state index in [9.17, 15) is 31.5 Å². The second kappa shape index (κ2) is 8.47. The Morgan fingerprint density at radius 2 is 1.74 bits per heavy atom. The van der Waals surface area contributed by atoms with Gasteiger partial charge in [0.15, 0.2) is 6.61 Å². The van der Waals surface area contributed by atoms with Crippen LogP contribution < -0.4 is 10.1 Å². The molecule has 144 valence electrons. The third-order valence-electron chi connectivity index (χ3n) is 3.10. The predicted molar refractivity (Wildman–Crippen MR) is 83.4 cm³/mol. The maximum Gasteiger partial charge on any atom is 0.416 e. The molecule has 2 aromatic rings. The third-order valence-corrected chi connectivity index (χ3v) is 3.10. The van der Waals surface area contributed by atoms with Crippen molar-refractivity contribution in [1.29, 1.82) is 0 Å². The van der Waals surface area contributed by atoms with E-state index < -0.39 is 36.8 Å². The molecular formula is C17H12F5NO4. The molecule has 27 heavy (non-hydrogen) atoms. The molecule has 0 saturated heterocycles. The summed E-state index contributed by atoms with van der Waals surface area (Å²) < 4.78 is 71.0. The van der Waals surface area contributed by atoms with Crippen LogP contribution in [0, 0.1) is 0 Å². The van der Waals surface area contributed by atoms with E-state index in [0.717, 1.165) is 24.3 Å². The fraction of sp³-hybridized carbons (Fsp3) is 0.176. The molecule has 0 atom stereocenters. The number of carbonyl (C=O) groups is 2. The van der Waals surface area contributed by atoms with Crippen molar-refractivity contribution in [3.05, 3.63) is 59.7 Å². The van der Waals surface area contributed by atoms with Gasteiger partial charge in [0.05, 0.1) is 11.1 Å². The minimum Gasteiger partial charge on any atom is -0.452 e. The van der Waals surface area contributed by atoms with Crippen molar-refractivity contribution in [3.8, 4) is 5.75 Å². The largest absolute Gasteiger partial charge is 0.452 e. The number of rotatable bonds is 6. The molecule has 0 bridgehead atoms. The zero-order chi connectivity index (χ0) is 20.0. The van der Waals surface area contributed by atoms with Crippen molar-refractivity contribution in [1.82, 2.24) is 0 Å². The van der Waals surface area contributed by atoms with Gasteiger partial charge in [-0.3, -0.25) is 4.79 Å². The van der Waals surface area contributed by atoms with E-state index >= 15 is 0 Å². The van der Waals surface area contributed by atoms with Gasteiger partial charge in [-0.1, -0.05) is 12.1 Å². The number of hydrogen-bond donors (Lipinski definition) is 1. The Morgan fingerprint density at radius 3 is 2.41 bits per heavy atom. The van der Waals surface area contributed by atoms with Crippen LogP contribution in [0.5, 0.6) is 5.75 Å². The summed E-state index contributed by atoms with van der Waals surface area (Å²) in [5, 5.41) is 2.16. The first-order valence-electron chi connectivity index (χ1n) is 7.34. The summed E-state index contributed by atoms with van der Waals surface area (Å²) in [6.45, 7) is -3.86. The number of nitrogens with one attached hydrogen (secondary N) is 1. The highest BCUT2D eigenvalue weighted by Crippen LogP contribution is 2.30. The lowest BCUT2D eigenvalue weighted by atomic mass is 10.2. The summed E-state index contributed by atoms with van der Waals surface area (Å²) in [6.07, 6.45) is -4.57. The number of benzene rings is 2. The van der Waals surface area contributed by atoms with Gasteiger partial charge in [0.1, 0.15) is 5.75 Å². The Kier molecular flexibility index (Phi) is 6.32. The van der Waals surface area contributed by atoms with E-state index in [2.05, 4.69) is 10.1 Å². The molecule has 1 amide bonds. The van der Waals surface area contributed by atoms with Crippen LogP contribution in [-0.2, 0) is 15.7 Å². The van der Waals surface area contributed by atoms with Crippen molar-refractivity contribution in [2.45, 2.75) is 12.8 Å². The van der Waals surface area contributed by atoms with Crippen molar-refractivity contribution in [3.63, 3.8) is 0 Å². The average Bonchev–Trinajstić information content (AvgIpc) is 2.59. The van der Waals surface area contributed by atoms with Gasteiger partial charge >= 0.3 is 18.8 Å². The highest BCUT2D eigenvalue weighted by molar-refractivity contribution is 5.95. The summed E-state index contributed by atoms with van der Waals surface area (Å²) in [6, 6.07) is 8.64. The molecule has 0 aliphatic rings. The Balaban J connectivity index is 1.93. The van der Waals surface area contributed by atoms with Crippen LogP contribution >= 0.6 is 0 Å². The van der Waals surface area contributed by atoms with Crippen LogP contribution in [0.15, 0.2) is 48.5 Å². The van der Waals surface area contributed by atoms with E-state index in [0.29, 0.717) is 0 Å². The zero-order valence-corrected chi connectivity index (χ0v) is 13.4. The fourth-order valence-corrected chi connectivity index (χ4v) is 1.98. The Hall–Kier alpha value is -3.17. The topological polar surface area (TPSA) is 64.6 Å². The molecule has 0 fully saturated rings. The number of hydrogen-bond acceptors (Lipinski definition) is 4. The van der Waals surface area contributed by atoms with E-state index in [1.54, 1.807) is 0 Å². The van der Waals surface area contributed by atoms with Crippen LogP contribution in [-0.4, -0.2) is 25.1 Å². The number of ether oxygens (including phenoxy) is 2. The average molecular weight is 389 g/mol. The standard InChI is InChI=1S/C17H12F5NO4/c18-16(19)27-13-6-1-3-10(7-13)15(25)26-9-14(24)23-12-5-2-4-11(8-12)17(20,21)22/h1-8,16H,9H2,(H,23,24). The second-order valence-electron chi connectivity index (χ2n) is 5.11. The number of anilines is 1. The number of carbonyl (C=O) groups excluding carboxylic acids is 2. The van der Waals surface area contributed by atoms with Gasteiger partial charge in [0.25, 0.3) is 5.91 Å². The summed E-state index contributed by atoms with van der Waals surface area (Å²) in [7, 11) is 0. The van der Waals surface area contributed by atoms with E-state index in [1.165, 1.54) is 24.3 Å². The molecule has 0 spiro atoms. The quantitative estimate of drug-likeness (QED) is 0.597. The molecule has 2 rings (SSSR count). The first-order valence-corrected chi connectivity index (χ1v) is 7.34. The molecule has 0 aromatic heterocycles. The van der Waals surface area contributed by atoms with Gasteiger partial charge in [-0.15, -0.1) is 0 Å². The van der Waals surface area contributed by atoms with Crippen LogP contribution in [0.1, 0.15) is 15.9 Å². The summed E-state index contributed by atoms with van der Waals surface area (Å²) >= 11 is 0. The van der Waals surface area contributed by atoms with E-state index in [-0.39, 0.29) is 17.0 Å². The van der Waals surface area contributed by atoms with Gasteiger partial charge in [-0.25, -0.2) is 4.79 Å². The fourth-order valence-electron chi connectivity index (χ4n) is 1.98. The molecule has 10 heteroatoms. The van der Waals surface area contributed by atoms with Gasteiger partial charge in [0, 0.05) is 5.69 Å². The number of esters is 1. The van der Waals surface area contributed by atoms with Crippen LogP contribution in [0.25, 0.3) is 0 Å². The van der Waals surface area contributed by atoms with Crippen molar-refractivity contribution in [2.24, 2.45) is 0 Å². The lowest BCUT2D eigenvalue weighted by Crippen LogP contribution is -2.21. The molecule has 0 unspecified atom stereocenters. The highest BCUT2D eigenvalue weighted by Gasteiger charge is 2.30. The van der Waals surface area contributed by atoms with Crippen LogP contribution in [0.2, 0.25) is 0 Å². The molecule has 0 heterocycles. The zero-order valence-electron chi connectivity index (χ0n) is 13.4. The number of amides is 1. The molecule has 5 nitrogen and oxygen atoms in total. The first kappa shape index (κ1) is 20.1. The monoisotopic (exact) mass is 389 g/mol. The maximum absolute atomic E-state index is 12.6. The molecule has 0 saturated carbocycles. The summed E-state index contributed by atoms with van der Waals surface area (Å²) in [4.78, 5) is 23.6. The van der Waals surface area contributed by atoms with Crippen LogP contribution in [0.4, 0.5) is 27.6 Å².